The van der Waals surface area contributed by atoms with E-state index in [1.807, 2.05) is 34.9 Å². The number of hydrogen-bond acceptors (Lipinski definition) is 3. The quantitative estimate of drug-likeness (QED) is 0.873. The second-order valence-corrected chi connectivity index (χ2v) is 4.51. The van der Waals surface area contributed by atoms with Crippen molar-refractivity contribution in [3.63, 3.8) is 0 Å². The highest BCUT2D eigenvalue weighted by Gasteiger charge is 2.21. The molecule has 1 aromatic heterocycles. The number of urea groups is 1. The number of amides is 2. The van der Waals surface area contributed by atoms with E-state index in [2.05, 4.69) is 15.5 Å². The zero-order chi connectivity index (χ0) is 13.1. The SMILES string of the molecule is O=C(NCc1ccccc1)N1CCn2cnnc2C1. The molecule has 0 saturated heterocycles. The monoisotopic (exact) mass is 257 g/mol. The minimum Gasteiger partial charge on any atom is -0.334 e. The predicted octanol–water partition coefficient (Wildman–Crippen LogP) is 1.00. The van der Waals surface area contributed by atoms with Crippen LogP contribution < -0.4 is 5.32 Å². The lowest BCUT2D eigenvalue weighted by Crippen LogP contribution is -2.43. The van der Waals surface area contributed by atoms with E-state index in [4.69, 9.17) is 0 Å². The Morgan fingerprint density at radius 1 is 1.26 bits per heavy atom. The lowest BCUT2D eigenvalue weighted by Gasteiger charge is -2.27. The van der Waals surface area contributed by atoms with E-state index in [1.165, 1.54) is 0 Å². The van der Waals surface area contributed by atoms with Crippen molar-refractivity contribution < 1.29 is 4.79 Å². The minimum atomic E-state index is -0.0573. The van der Waals surface area contributed by atoms with Crippen molar-refractivity contribution in [2.75, 3.05) is 6.54 Å². The van der Waals surface area contributed by atoms with Crippen molar-refractivity contribution in [3.05, 3.63) is 48.0 Å². The third-order valence-corrected chi connectivity index (χ3v) is 3.21. The van der Waals surface area contributed by atoms with Gasteiger partial charge < -0.3 is 14.8 Å². The number of benzene rings is 1. The molecule has 0 atom stereocenters. The Kier molecular flexibility index (Phi) is 3.14. The summed E-state index contributed by atoms with van der Waals surface area (Å²) < 4.78 is 1.97. The summed E-state index contributed by atoms with van der Waals surface area (Å²) >= 11 is 0. The van der Waals surface area contributed by atoms with Crippen molar-refractivity contribution in [1.29, 1.82) is 0 Å². The van der Waals surface area contributed by atoms with Crippen LogP contribution in [-0.4, -0.2) is 32.2 Å². The fourth-order valence-corrected chi connectivity index (χ4v) is 2.13. The second-order valence-electron chi connectivity index (χ2n) is 4.51. The lowest BCUT2D eigenvalue weighted by atomic mass is 10.2. The number of hydrogen-bond donors (Lipinski definition) is 1. The number of aromatic nitrogens is 3. The molecule has 0 radical (unpaired) electrons. The highest BCUT2D eigenvalue weighted by atomic mass is 16.2. The Labute approximate surface area is 111 Å². The largest absolute Gasteiger partial charge is 0.334 e. The molecule has 1 aromatic carbocycles. The molecule has 98 valence electrons. The van der Waals surface area contributed by atoms with Crippen molar-refractivity contribution in [1.82, 2.24) is 25.0 Å². The van der Waals surface area contributed by atoms with Gasteiger partial charge in [-0.2, -0.15) is 0 Å². The summed E-state index contributed by atoms with van der Waals surface area (Å²) in [5.41, 5.74) is 1.09. The molecule has 3 rings (SSSR count). The molecule has 19 heavy (non-hydrogen) atoms. The average Bonchev–Trinajstić information content (AvgIpc) is 2.93. The standard InChI is InChI=1S/C13H15N5O/c19-13(14-8-11-4-2-1-3-5-11)17-6-7-18-10-15-16-12(18)9-17/h1-5,10H,6-9H2,(H,14,19). The van der Waals surface area contributed by atoms with Crippen LogP contribution in [0.4, 0.5) is 4.79 Å². The van der Waals surface area contributed by atoms with Crippen molar-refractivity contribution in [2.45, 2.75) is 19.6 Å². The molecule has 2 aromatic rings. The van der Waals surface area contributed by atoms with E-state index in [-0.39, 0.29) is 6.03 Å². The van der Waals surface area contributed by atoms with Crippen LogP contribution in [0.1, 0.15) is 11.4 Å². The van der Waals surface area contributed by atoms with E-state index in [1.54, 1.807) is 11.2 Å². The van der Waals surface area contributed by atoms with E-state index in [9.17, 15) is 4.79 Å². The molecule has 1 aliphatic heterocycles. The van der Waals surface area contributed by atoms with Gasteiger partial charge in [0.2, 0.25) is 0 Å². The van der Waals surface area contributed by atoms with E-state index in [0.29, 0.717) is 19.6 Å². The second kappa shape index (κ2) is 5.09. The van der Waals surface area contributed by atoms with Crippen LogP contribution in [0, 0.1) is 0 Å². The molecule has 0 bridgehead atoms. The average molecular weight is 257 g/mol. The molecule has 0 spiro atoms. The van der Waals surface area contributed by atoms with Crippen LogP contribution in [0.5, 0.6) is 0 Å². The van der Waals surface area contributed by atoms with E-state index < -0.39 is 0 Å². The Bertz CT molecular complexity index is 565. The molecule has 0 aliphatic carbocycles. The predicted molar refractivity (Wildman–Crippen MR) is 69.1 cm³/mol. The fourth-order valence-electron chi connectivity index (χ4n) is 2.13. The van der Waals surface area contributed by atoms with Gasteiger partial charge in [-0.3, -0.25) is 0 Å². The first-order valence-electron chi connectivity index (χ1n) is 6.26. The smallest absolute Gasteiger partial charge is 0.318 e. The Balaban J connectivity index is 1.57. The molecular formula is C13H15N5O. The number of carbonyl (C=O) groups is 1. The summed E-state index contributed by atoms with van der Waals surface area (Å²) in [6, 6.07) is 9.82. The van der Waals surface area contributed by atoms with Crippen LogP contribution in [-0.2, 0) is 19.6 Å². The fraction of sp³-hybridized carbons (Fsp3) is 0.308. The van der Waals surface area contributed by atoms with Crippen molar-refractivity contribution >= 4 is 6.03 Å². The zero-order valence-electron chi connectivity index (χ0n) is 10.5. The van der Waals surface area contributed by atoms with Gasteiger partial charge in [0, 0.05) is 19.6 Å². The van der Waals surface area contributed by atoms with Crippen LogP contribution in [0.2, 0.25) is 0 Å². The summed E-state index contributed by atoms with van der Waals surface area (Å²) in [6.45, 7) is 2.50. The van der Waals surface area contributed by atoms with Crippen LogP contribution in [0.15, 0.2) is 36.7 Å². The van der Waals surface area contributed by atoms with Crippen molar-refractivity contribution in [2.24, 2.45) is 0 Å². The first-order valence-corrected chi connectivity index (χ1v) is 6.26. The Morgan fingerprint density at radius 2 is 2.11 bits per heavy atom. The molecule has 6 heteroatoms. The molecule has 0 unspecified atom stereocenters. The normalized spacial score (nSPS) is 14.0. The molecule has 2 amide bonds. The summed E-state index contributed by atoms with van der Waals surface area (Å²) in [5, 5.41) is 10.8. The number of fused-ring (bicyclic) bond motifs is 1. The van der Waals surface area contributed by atoms with E-state index >= 15 is 0 Å². The maximum absolute atomic E-state index is 12.1. The topological polar surface area (TPSA) is 63.1 Å². The maximum atomic E-state index is 12.1. The van der Waals surface area contributed by atoms with Gasteiger partial charge in [0.05, 0.1) is 6.54 Å². The molecule has 1 aliphatic rings. The van der Waals surface area contributed by atoms with Gasteiger partial charge in [-0.1, -0.05) is 30.3 Å². The van der Waals surface area contributed by atoms with Gasteiger partial charge in [0.25, 0.3) is 0 Å². The van der Waals surface area contributed by atoms with Gasteiger partial charge in [-0.25, -0.2) is 4.79 Å². The lowest BCUT2D eigenvalue weighted by molar-refractivity contribution is 0.181. The van der Waals surface area contributed by atoms with Gasteiger partial charge in [-0.05, 0) is 5.56 Å². The maximum Gasteiger partial charge on any atom is 0.318 e. The molecule has 1 N–H and O–H groups in total. The number of nitrogens with one attached hydrogen (secondary N) is 1. The Hall–Kier alpha value is -2.37. The molecule has 0 saturated carbocycles. The molecular weight excluding hydrogens is 242 g/mol. The first-order chi connectivity index (χ1) is 9.33. The highest BCUT2D eigenvalue weighted by molar-refractivity contribution is 5.74. The third-order valence-electron chi connectivity index (χ3n) is 3.21. The number of carbonyl (C=O) groups excluding carboxylic acids is 1. The van der Waals surface area contributed by atoms with Gasteiger partial charge in [-0.15, -0.1) is 10.2 Å². The van der Waals surface area contributed by atoms with E-state index in [0.717, 1.165) is 17.9 Å². The zero-order valence-corrected chi connectivity index (χ0v) is 10.5. The minimum absolute atomic E-state index is 0.0573. The van der Waals surface area contributed by atoms with Gasteiger partial charge in [0.1, 0.15) is 6.33 Å². The summed E-state index contributed by atoms with van der Waals surface area (Å²) in [5.74, 6) is 0.834. The molecule has 6 nitrogen and oxygen atoms in total. The number of nitrogens with zero attached hydrogens (tertiary/aromatic N) is 4. The molecule has 0 fully saturated rings. The third kappa shape index (κ3) is 2.57. The van der Waals surface area contributed by atoms with Gasteiger partial charge >= 0.3 is 6.03 Å². The highest BCUT2D eigenvalue weighted by Crippen LogP contribution is 2.09. The van der Waals surface area contributed by atoms with Crippen LogP contribution in [0.25, 0.3) is 0 Å². The summed E-state index contributed by atoms with van der Waals surface area (Å²) in [4.78, 5) is 13.8. The summed E-state index contributed by atoms with van der Waals surface area (Å²) in [6.07, 6.45) is 1.70. The van der Waals surface area contributed by atoms with Crippen LogP contribution in [0.3, 0.4) is 0 Å². The Morgan fingerprint density at radius 3 is 2.95 bits per heavy atom. The van der Waals surface area contributed by atoms with Crippen LogP contribution >= 0.6 is 0 Å². The number of rotatable bonds is 2. The molecule has 2 heterocycles. The summed E-state index contributed by atoms with van der Waals surface area (Å²) in [7, 11) is 0. The van der Waals surface area contributed by atoms with Gasteiger partial charge in [0.15, 0.2) is 5.82 Å². The first kappa shape index (κ1) is 11.7. The van der Waals surface area contributed by atoms with Crippen molar-refractivity contribution in [3.8, 4) is 0 Å².